The van der Waals surface area contributed by atoms with Gasteiger partial charge in [-0.3, -0.25) is 5.32 Å². The molecule has 3 nitrogen and oxygen atoms in total. The average molecular weight is 159 g/mol. The Morgan fingerprint density at radius 3 is 2.91 bits per heavy atom. The van der Waals surface area contributed by atoms with Crippen LogP contribution in [0.15, 0.2) is 0 Å². The summed E-state index contributed by atoms with van der Waals surface area (Å²) in [5.74, 6) is 0. The van der Waals surface area contributed by atoms with Crippen molar-refractivity contribution in [2.45, 2.75) is 38.5 Å². The third kappa shape index (κ3) is 2.15. The van der Waals surface area contributed by atoms with E-state index in [1.165, 1.54) is 0 Å². The molecule has 0 aromatic carbocycles. The molecule has 0 saturated carbocycles. The molecule has 1 aliphatic rings. The predicted molar refractivity (Wildman–Crippen MR) is 43.3 cm³/mol. The van der Waals surface area contributed by atoms with Gasteiger partial charge in [0.2, 0.25) is 0 Å². The standard InChI is InChI=1S/C8H17NO2/c1-3-4-8(2)9-5-7(6-10)11-8/h7,9-10H,3-6H2,1-2H3. The molecule has 0 aliphatic carbocycles. The van der Waals surface area contributed by atoms with Crippen molar-refractivity contribution in [1.29, 1.82) is 0 Å². The molecular formula is C8H17NO2. The highest BCUT2D eigenvalue weighted by atomic mass is 16.5. The van der Waals surface area contributed by atoms with Crippen LogP contribution in [0.3, 0.4) is 0 Å². The molecule has 1 aliphatic heterocycles. The zero-order valence-electron chi connectivity index (χ0n) is 7.26. The van der Waals surface area contributed by atoms with Crippen molar-refractivity contribution in [2.24, 2.45) is 0 Å². The minimum atomic E-state index is -0.192. The van der Waals surface area contributed by atoms with E-state index in [0.717, 1.165) is 19.4 Å². The maximum Gasteiger partial charge on any atom is 0.117 e. The van der Waals surface area contributed by atoms with E-state index in [0.29, 0.717) is 0 Å². The zero-order valence-corrected chi connectivity index (χ0v) is 7.26. The second-order valence-electron chi connectivity index (χ2n) is 3.28. The molecule has 0 aromatic heterocycles. The van der Waals surface area contributed by atoms with Crippen LogP contribution in [0.1, 0.15) is 26.7 Å². The molecule has 1 heterocycles. The Morgan fingerprint density at radius 1 is 1.73 bits per heavy atom. The van der Waals surface area contributed by atoms with Crippen LogP contribution in [0.5, 0.6) is 0 Å². The van der Waals surface area contributed by atoms with Crippen LogP contribution in [0.25, 0.3) is 0 Å². The molecule has 11 heavy (non-hydrogen) atoms. The molecule has 3 heteroatoms. The van der Waals surface area contributed by atoms with Gasteiger partial charge < -0.3 is 9.84 Å². The molecule has 1 saturated heterocycles. The Balaban J connectivity index is 2.37. The van der Waals surface area contributed by atoms with Crippen LogP contribution in [0.4, 0.5) is 0 Å². The number of hydrogen-bond acceptors (Lipinski definition) is 3. The predicted octanol–water partition coefficient (Wildman–Crippen LogP) is 0.483. The molecule has 1 fully saturated rings. The fraction of sp³-hybridized carbons (Fsp3) is 1.00. The number of nitrogens with one attached hydrogen (secondary N) is 1. The highest BCUT2D eigenvalue weighted by molar-refractivity contribution is 4.82. The summed E-state index contributed by atoms with van der Waals surface area (Å²) in [7, 11) is 0. The van der Waals surface area contributed by atoms with Gasteiger partial charge in [-0.25, -0.2) is 0 Å². The summed E-state index contributed by atoms with van der Waals surface area (Å²) >= 11 is 0. The van der Waals surface area contributed by atoms with Crippen LogP contribution < -0.4 is 5.32 Å². The normalized spacial score (nSPS) is 37.9. The number of ether oxygens (including phenoxy) is 1. The van der Waals surface area contributed by atoms with E-state index in [1.54, 1.807) is 0 Å². The summed E-state index contributed by atoms with van der Waals surface area (Å²) in [6, 6.07) is 0. The Hall–Kier alpha value is -0.120. The SMILES string of the molecule is CCCC1(C)NCC(CO)O1. The van der Waals surface area contributed by atoms with Crippen molar-refractivity contribution in [2.75, 3.05) is 13.2 Å². The summed E-state index contributed by atoms with van der Waals surface area (Å²) in [4.78, 5) is 0. The van der Waals surface area contributed by atoms with Crippen LogP contribution in [0, 0.1) is 0 Å². The van der Waals surface area contributed by atoms with Gasteiger partial charge in [-0.1, -0.05) is 13.3 Å². The van der Waals surface area contributed by atoms with Gasteiger partial charge >= 0.3 is 0 Å². The second-order valence-corrected chi connectivity index (χ2v) is 3.28. The van der Waals surface area contributed by atoms with E-state index < -0.39 is 0 Å². The monoisotopic (exact) mass is 159 g/mol. The molecule has 1 rings (SSSR count). The van der Waals surface area contributed by atoms with E-state index in [-0.39, 0.29) is 18.4 Å². The number of rotatable bonds is 3. The Bertz CT molecular complexity index is 129. The lowest BCUT2D eigenvalue weighted by Crippen LogP contribution is -2.37. The van der Waals surface area contributed by atoms with Gasteiger partial charge in [0.25, 0.3) is 0 Å². The highest BCUT2D eigenvalue weighted by Crippen LogP contribution is 2.21. The van der Waals surface area contributed by atoms with Crippen molar-refractivity contribution >= 4 is 0 Å². The quantitative estimate of drug-likeness (QED) is 0.629. The van der Waals surface area contributed by atoms with Gasteiger partial charge in [-0.05, 0) is 13.3 Å². The summed E-state index contributed by atoms with van der Waals surface area (Å²) in [6.07, 6.45) is 2.09. The van der Waals surface area contributed by atoms with Crippen LogP contribution in [0.2, 0.25) is 0 Å². The van der Waals surface area contributed by atoms with Crippen LogP contribution >= 0.6 is 0 Å². The minimum Gasteiger partial charge on any atom is -0.394 e. The van der Waals surface area contributed by atoms with E-state index in [4.69, 9.17) is 9.84 Å². The molecule has 2 N–H and O–H groups in total. The topological polar surface area (TPSA) is 41.5 Å². The molecule has 0 spiro atoms. The second kappa shape index (κ2) is 3.52. The first-order valence-corrected chi connectivity index (χ1v) is 4.24. The van der Waals surface area contributed by atoms with Crippen molar-refractivity contribution < 1.29 is 9.84 Å². The van der Waals surface area contributed by atoms with Crippen LogP contribution in [-0.4, -0.2) is 30.1 Å². The Morgan fingerprint density at radius 2 is 2.45 bits per heavy atom. The molecule has 0 amide bonds. The van der Waals surface area contributed by atoms with Gasteiger partial charge in [0.05, 0.1) is 12.7 Å². The van der Waals surface area contributed by atoms with E-state index in [2.05, 4.69) is 12.2 Å². The lowest BCUT2D eigenvalue weighted by Gasteiger charge is -2.23. The summed E-state index contributed by atoms with van der Waals surface area (Å²) in [5, 5.41) is 12.1. The molecule has 0 bridgehead atoms. The van der Waals surface area contributed by atoms with Gasteiger partial charge in [0.15, 0.2) is 0 Å². The maximum atomic E-state index is 8.80. The van der Waals surface area contributed by atoms with Crippen molar-refractivity contribution in [1.82, 2.24) is 5.32 Å². The van der Waals surface area contributed by atoms with Crippen molar-refractivity contribution in [3.8, 4) is 0 Å². The molecule has 2 unspecified atom stereocenters. The van der Waals surface area contributed by atoms with Crippen LogP contribution in [-0.2, 0) is 4.74 Å². The first-order valence-electron chi connectivity index (χ1n) is 4.24. The third-order valence-electron chi connectivity index (χ3n) is 2.06. The summed E-state index contributed by atoms with van der Waals surface area (Å²) < 4.78 is 5.58. The Kier molecular flexibility index (Phi) is 2.87. The fourth-order valence-corrected chi connectivity index (χ4v) is 1.51. The lowest BCUT2D eigenvalue weighted by atomic mass is 10.1. The zero-order chi connectivity index (χ0) is 8.32. The first-order chi connectivity index (χ1) is 5.20. The Labute approximate surface area is 67.7 Å². The largest absolute Gasteiger partial charge is 0.394 e. The fourth-order valence-electron chi connectivity index (χ4n) is 1.51. The molecular weight excluding hydrogens is 142 g/mol. The average Bonchev–Trinajstić information content (AvgIpc) is 2.33. The highest BCUT2D eigenvalue weighted by Gasteiger charge is 2.33. The molecule has 0 aromatic rings. The molecule has 2 atom stereocenters. The molecule has 0 radical (unpaired) electrons. The molecule has 66 valence electrons. The van der Waals surface area contributed by atoms with Gasteiger partial charge in [-0.2, -0.15) is 0 Å². The van der Waals surface area contributed by atoms with Crippen molar-refractivity contribution in [3.05, 3.63) is 0 Å². The smallest absolute Gasteiger partial charge is 0.117 e. The van der Waals surface area contributed by atoms with Gasteiger partial charge in [0.1, 0.15) is 5.72 Å². The number of hydrogen-bond donors (Lipinski definition) is 2. The van der Waals surface area contributed by atoms with Gasteiger partial charge in [-0.15, -0.1) is 0 Å². The van der Waals surface area contributed by atoms with E-state index in [9.17, 15) is 0 Å². The summed E-state index contributed by atoms with van der Waals surface area (Å²) in [6.45, 7) is 5.05. The van der Waals surface area contributed by atoms with E-state index in [1.807, 2.05) is 6.92 Å². The first kappa shape index (κ1) is 8.97. The maximum absolute atomic E-state index is 8.80. The van der Waals surface area contributed by atoms with E-state index >= 15 is 0 Å². The minimum absolute atomic E-state index is 0.00782. The third-order valence-corrected chi connectivity index (χ3v) is 2.06. The van der Waals surface area contributed by atoms with Gasteiger partial charge in [0, 0.05) is 6.54 Å². The summed E-state index contributed by atoms with van der Waals surface area (Å²) in [5.41, 5.74) is -0.192. The number of aliphatic hydroxyl groups is 1. The van der Waals surface area contributed by atoms with Crippen molar-refractivity contribution in [3.63, 3.8) is 0 Å². The number of aliphatic hydroxyl groups excluding tert-OH is 1. The lowest BCUT2D eigenvalue weighted by molar-refractivity contribution is -0.0590.